The normalized spacial score (nSPS) is 18.0. The Labute approximate surface area is 165 Å². The van der Waals surface area contributed by atoms with Crippen LogP contribution in [-0.2, 0) is 9.84 Å². The third-order valence-electron chi connectivity index (χ3n) is 4.83. The molecule has 1 aromatic heterocycles. The predicted octanol–water partition coefficient (Wildman–Crippen LogP) is 3.51. The largest absolute Gasteiger partial charge is 0.350 e. The van der Waals surface area contributed by atoms with Crippen molar-refractivity contribution in [1.82, 2.24) is 9.97 Å². The number of hydrogen-bond acceptors (Lipinski definition) is 6. The molecule has 0 amide bonds. The first-order valence-corrected chi connectivity index (χ1v) is 11.0. The number of anilines is 3. The van der Waals surface area contributed by atoms with E-state index >= 15 is 0 Å². The van der Waals surface area contributed by atoms with Crippen LogP contribution in [0.4, 0.5) is 17.5 Å². The van der Waals surface area contributed by atoms with Gasteiger partial charge < -0.3 is 10.2 Å². The number of para-hydroxylation sites is 1. The molecule has 3 aromatic rings. The van der Waals surface area contributed by atoms with E-state index < -0.39 is 9.84 Å². The molecule has 0 aliphatic carbocycles. The zero-order valence-corrected chi connectivity index (χ0v) is 16.4. The highest BCUT2D eigenvalue weighted by Crippen LogP contribution is 2.28. The summed E-state index contributed by atoms with van der Waals surface area (Å²) in [4.78, 5) is 11.3. The average molecular weight is 395 g/mol. The summed E-state index contributed by atoms with van der Waals surface area (Å²) in [7, 11) is -1.02. The molecular weight excluding hydrogens is 372 g/mol. The fourth-order valence-electron chi connectivity index (χ4n) is 3.30. The maximum absolute atomic E-state index is 11.8. The monoisotopic (exact) mass is 394 g/mol. The average Bonchev–Trinajstić information content (AvgIpc) is 3.06. The molecule has 0 radical (unpaired) electrons. The second-order valence-electron chi connectivity index (χ2n) is 6.94. The SMILES string of the molecule is CN(c1ccccc1)c1cc(-c2ccccc2)nc(NC2CCS(=O)(=O)C2)n1. The molecule has 0 bridgehead atoms. The van der Waals surface area contributed by atoms with Crippen molar-refractivity contribution < 1.29 is 8.42 Å². The minimum Gasteiger partial charge on any atom is -0.350 e. The van der Waals surface area contributed by atoms with E-state index in [0.29, 0.717) is 12.4 Å². The predicted molar refractivity (Wildman–Crippen MR) is 113 cm³/mol. The zero-order chi connectivity index (χ0) is 19.6. The van der Waals surface area contributed by atoms with Gasteiger partial charge in [0.05, 0.1) is 17.2 Å². The topological polar surface area (TPSA) is 75.2 Å². The van der Waals surface area contributed by atoms with Gasteiger partial charge in [-0.15, -0.1) is 0 Å². The summed E-state index contributed by atoms with van der Waals surface area (Å²) in [6.07, 6.45) is 0.575. The molecule has 4 rings (SSSR count). The second-order valence-corrected chi connectivity index (χ2v) is 9.17. The van der Waals surface area contributed by atoms with Crippen LogP contribution in [0.25, 0.3) is 11.3 Å². The van der Waals surface area contributed by atoms with E-state index in [9.17, 15) is 8.42 Å². The summed E-state index contributed by atoms with van der Waals surface area (Å²) >= 11 is 0. The van der Waals surface area contributed by atoms with Crippen LogP contribution >= 0.6 is 0 Å². The van der Waals surface area contributed by atoms with Gasteiger partial charge in [0.1, 0.15) is 5.82 Å². The van der Waals surface area contributed by atoms with E-state index in [1.807, 2.05) is 78.7 Å². The Morgan fingerprint density at radius 2 is 1.68 bits per heavy atom. The van der Waals surface area contributed by atoms with Gasteiger partial charge in [-0.05, 0) is 18.6 Å². The first kappa shape index (κ1) is 18.4. The Morgan fingerprint density at radius 1 is 1.00 bits per heavy atom. The number of benzene rings is 2. The highest BCUT2D eigenvalue weighted by Gasteiger charge is 2.28. The van der Waals surface area contributed by atoms with Crippen LogP contribution in [0.3, 0.4) is 0 Å². The summed E-state index contributed by atoms with van der Waals surface area (Å²) in [5, 5.41) is 3.23. The Hall–Kier alpha value is -2.93. The third-order valence-corrected chi connectivity index (χ3v) is 6.60. The molecular formula is C21H22N4O2S. The van der Waals surface area contributed by atoms with E-state index in [4.69, 9.17) is 0 Å². The molecule has 1 atom stereocenters. The highest BCUT2D eigenvalue weighted by atomic mass is 32.2. The lowest BCUT2D eigenvalue weighted by molar-refractivity contribution is 0.602. The minimum atomic E-state index is -2.98. The number of rotatable bonds is 5. The van der Waals surface area contributed by atoms with E-state index in [1.165, 1.54) is 0 Å². The maximum Gasteiger partial charge on any atom is 0.225 e. The molecule has 2 aromatic carbocycles. The number of nitrogens with zero attached hydrogens (tertiary/aromatic N) is 3. The minimum absolute atomic E-state index is 0.121. The Kier molecular flexibility index (Phi) is 5.00. The van der Waals surface area contributed by atoms with Gasteiger partial charge in [0.25, 0.3) is 0 Å². The van der Waals surface area contributed by atoms with Crippen LogP contribution in [0.5, 0.6) is 0 Å². The molecule has 1 saturated heterocycles. The summed E-state index contributed by atoms with van der Waals surface area (Å²) in [6, 6.07) is 21.6. The molecule has 28 heavy (non-hydrogen) atoms. The summed E-state index contributed by atoms with van der Waals surface area (Å²) in [5.41, 5.74) is 2.78. The first-order valence-electron chi connectivity index (χ1n) is 9.20. The molecule has 1 N–H and O–H groups in total. The highest BCUT2D eigenvalue weighted by molar-refractivity contribution is 7.91. The Balaban J connectivity index is 1.71. The van der Waals surface area contributed by atoms with Crippen molar-refractivity contribution >= 4 is 27.3 Å². The lowest BCUT2D eigenvalue weighted by Gasteiger charge is -2.21. The lowest BCUT2D eigenvalue weighted by atomic mass is 10.1. The molecule has 7 heteroatoms. The Morgan fingerprint density at radius 3 is 2.32 bits per heavy atom. The number of nitrogens with one attached hydrogen (secondary N) is 1. The molecule has 1 fully saturated rings. The van der Waals surface area contributed by atoms with Gasteiger partial charge in [-0.3, -0.25) is 0 Å². The number of sulfone groups is 1. The standard InChI is InChI=1S/C21H22N4O2S/c1-25(18-10-6-3-7-11-18)20-14-19(16-8-4-2-5-9-16)23-21(24-20)22-17-12-13-28(26,27)15-17/h2-11,14,17H,12-13,15H2,1H3,(H,22,23,24). The van der Waals surface area contributed by atoms with E-state index in [2.05, 4.69) is 15.3 Å². The van der Waals surface area contributed by atoms with Gasteiger partial charge in [0.2, 0.25) is 5.95 Å². The van der Waals surface area contributed by atoms with Crippen LogP contribution in [0.15, 0.2) is 66.7 Å². The van der Waals surface area contributed by atoms with E-state index in [0.717, 1.165) is 22.8 Å². The smallest absolute Gasteiger partial charge is 0.225 e. The first-order chi connectivity index (χ1) is 13.5. The van der Waals surface area contributed by atoms with Crippen molar-refractivity contribution in [3.05, 3.63) is 66.7 Å². The van der Waals surface area contributed by atoms with Crippen molar-refractivity contribution in [2.45, 2.75) is 12.5 Å². The van der Waals surface area contributed by atoms with Crippen LogP contribution in [0.2, 0.25) is 0 Å². The lowest BCUT2D eigenvalue weighted by Crippen LogP contribution is -2.23. The zero-order valence-electron chi connectivity index (χ0n) is 15.6. The molecule has 2 heterocycles. The van der Waals surface area contributed by atoms with Crippen molar-refractivity contribution in [1.29, 1.82) is 0 Å². The van der Waals surface area contributed by atoms with Gasteiger partial charge >= 0.3 is 0 Å². The fraction of sp³-hybridized carbons (Fsp3) is 0.238. The fourth-order valence-corrected chi connectivity index (χ4v) is 4.98. The van der Waals surface area contributed by atoms with Gasteiger partial charge in [0.15, 0.2) is 9.84 Å². The Bertz CT molecular complexity index is 1060. The molecule has 144 valence electrons. The summed E-state index contributed by atoms with van der Waals surface area (Å²) in [6.45, 7) is 0. The van der Waals surface area contributed by atoms with Crippen molar-refractivity contribution in [2.75, 3.05) is 28.8 Å². The van der Waals surface area contributed by atoms with E-state index in [-0.39, 0.29) is 17.5 Å². The number of aromatic nitrogens is 2. The van der Waals surface area contributed by atoms with Crippen LogP contribution < -0.4 is 10.2 Å². The van der Waals surface area contributed by atoms with Crippen LogP contribution in [0.1, 0.15) is 6.42 Å². The number of hydrogen-bond donors (Lipinski definition) is 1. The molecule has 6 nitrogen and oxygen atoms in total. The molecule has 1 aliphatic heterocycles. The van der Waals surface area contributed by atoms with Crippen molar-refractivity contribution in [2.24, 2.45) is 0 Å². The van der Waals surface area contributed by atoms with E-state index in [1.54, 1.807) is 0 Å². The van der Waals surface area contributed by atoms with Gasteiger partial charge in [-0.1, -0.05) is 48.5 Å². The summed E-state index contributed by atoms with van der Waals surface area (Å²) < 4.78 is 23.6. The summed E-state index contributed by atoms with van der Waals surface area (Å²) in [5.74, 6) is 1.51. The maximum atomic E-state index is 11.8. The quantitative estimate of drug-likeness (QED) is 0.714. The molecule has 1 aliphatic rings. The van der Waals surface area contributed by atoms with Gasteiger partial charge in [0, 0.05) is 30.4 Å². The van der Waals surface area contributed by atoms with Gasteiger partial charge in [-0.2, -0.15) is 4.98 Å². The molecule has 0 spiro atoms. The molecule has 1 unspecified atom stereocenters. The third kappa shape index (κ3) is 4.14. The van der Waals surface area contributed by atoms with Crippen LogP contribution in [0, 0.1) is 0 Å². The van der Waals surface area contributed by atoms with Crippen molar-refractivity contribution in [3.8, 4) is 11.3 Å². The van der Waals surface area contributed by atoms with Crippen molar-refractivity contribution in [3.63, 3.8) is 0 Å². The van der Waals surface area contributed by atoms with Crippen LogP contribution in [-0.4, -0.2) is 43.0 Å². The van der Waals surface area contributed by atoms with Gasteiger partial charge in [-0.25, -0.2) is 13.4 Å². The second kappa shape index (κ2) is 7.59. The molecule has 0 saturated carbocycles.